The van der Waals surface area contributed by atoms with E-state index >= 15 is 0 Å². The summed E-state index contributed by atoms with van der Waals surface area (Å²) in [5.74, 6) is 1.47. The Morgan fingerprint density at radius 1 is 1.29 bits per heavy atom. The Hall–Kier alpha value is -1.88. The first kappa shape index (κ1) is 11.6. The van der Waals surface area contributed by atoms with Crippen LogP contribution in [0.3, 0.4) is 0 Å². The van der Waals surface area contributed by atoms with Crippen molar-refractivity contribution < 1.29 is 14.4 Å². The minimum absolute atomic E-state index is 0.250. The third-order valence-corrected chi connectivity index (χ3v) is 2.33. The van der Waals surface area contributed by atoms with Crippen molar-refractivity contribution in [2.24, 2.45) is 0 Å². The predicted molar refractivity (Wildman–Crippen MR) is 60.8 cm³/mol. The van der Waals surface area contributed by atoms with Crippen LogP contribution < -0.4 is 0 Å². The number of benzene rings is 1. The summed E-state index contributed by atoms with van der Waals surface area (Å²) < 4.78 is 10.1. The van der Waals surface area contributed by atoms with E-state index in [4.69, 9.17) is 14.4 Å². The highest BCUT2D eigenvalue weighted by Gasteiger charge is 2.06. The second-order valence-electron chi connectivity index (χ2n) is 3.69. The maximum absolute atomic E-state index is 9.16. The molecule has 5 nitrogen and oxygen atoms in total. The van der Waals surface area contributed by atoms with Crippen molar-refractivity contribution in [2.75, 3.05) is 13.7 Å². The third kappa shape index (κ3) is 3.29. The Labute approximate surface area is 99.0 Å². The molecule has 0 saturated heterocycles. The SMILES string of the molecule is COCCc1noc(Cc2ccc(O)cc2)n1. The maximum Gasteiger partial charge on any atom is 0.231 e. The summed E-state index contributed by atoms with van der Waals surface area (Å²) in [5, 5.41) is 13.0. The Balaban J connectivity index is 1.98. The highest BCUT2D eigenvalue weighted by atomic mass is 16.5. The lowest BCUT2D eigenvalue weighted by molar-refractivity contribution is 0.199. The van der Waals surface area contributed by atoms with Crippen molar-refractivity contribution in [3.8, 4) is 5.75 Å². The predicted octanol–water partition coefficient (Wildman–Crippen LogP) is 1.55. The van der Waals surface area contributed by atoms with Crippen LogP contribution >= 0.6 is 0 Å². The van der Waals surface area contributed by atoms with Gasteiger partial charge in [-0.05, 0) is 17.7 Å². The summed E-state index contributed by atoms with van der Waals surface area (Å²) >= 11 is 0. The molecule has 0 amide bonds. The van der Waals surface area contributed by atoms with Crippen molar-refractivity contribution in [2.45, 2.75) is 12.8 Å². The Morgan fingerprint density at radius 3 is 2.76 bits per heavy atom. The molecule has 0 radical (unpaired) electrons. The number of phenols is 1. The largest absolute Gasteiger partial charge is 0.508 e. The molecule has 1 aromatic carbocycles. The van der Waals surface area contributed by atoms with Crippen LogP contribution in [0.15, 0.2) is 28.8 Å². The van der Waals surface area contributed by atoms with Gasteiger partial charge in [0.15, 0.2) is 5.82 Å². The van der Waals surface area contributed by atoms with Crippen LogP contribution in [-0.4, -0.2) is 29.0 Å². The van der Waals surface area contributed by atoms with E-state index in [1.165, 1.54) is 0 Å². The Kier molecular flexibility index (Phi) is 3.72. The zero-order valence-electron chi connectivity index (χ0n) is 9.59. The quantitative estimate of drug-likeness (QED) is 0.850. The molecule has 0 atom stereocenters. The summed E-state index contributed by atoms with van der Waals surface area (Å²) in [7, 11) is 1.64. The summed E-state index contributed by atoms with van der Waals surface area (Å²) in [5.41, 5.74) is 1.02. The maximum atomic E-state index is 9.16. The second-order valence-corrected chi connectivity index (χ2v) is 3.69. The Bertz CT molecular complexity index is 465. The van der Waals surface area contributed by atoms with Crippen molar-refractivity contribution in [1.82, 2.24) is 10.1 Å². The van der Waals surface area contributed by atoms with Crippen LogP contribution in [0.4, 0.5) is 0 Å². The van der Waals surface area contributed by atoms with E-state index in [1.54, 1.807) is 19.2 Å². The van der Waals surface area contributed by atoms with Crippen LogP contribution in [0.2, 0.25) is 0 Å². The molecule has 0 bridgehead atoms. The third-order valence-electron chi connectivity index (χ3n) is 2.33. The molecule has 1 heterocycles. The van der Waals surface area contributed by atoms with E-state index in [0.29, 0.717) is 31.2 Å². The monoisotopic (exact) mass is 234 g/mol. The van der Waals surface area contributed by atoms with Crippen LogP contribution in [-0.2, 0) is 17.6 Å². The smallest absolute Gasteiger partial charge is 0.231 e. The molecular formula is C12H14N2O3. The highest BCUT2D eigenvalue weighted by Crippen LogP contribution is 2.13. The minimum Gasteiger partial charge on any atom is -0.508 e. The molecule has 5 heteroatoms. The van der Waals surface area contributed by atoms with E-state index < -0.39 is 0 Å². The fraction of sp³-hybridized carbons (Fsp3) is 0.333. The number of methoxy groups -OCH3 is 1. The second kappa shape index (κ2) is 5.45. The normalized spacial score (nSPS) is 10.6. The number of hydrogen-bond donors (Lipinski definition) is 1. The van der Waals surface area contributed by atoms with Crippen molar-refractivity contribution in [1.29, 1.82) is 0 Å². The van der Waals surface area contributed by atoms with Gasteiger partial charge in [-0.1, -0.05) is 17.3 Å². The van der Waals surface area contributed by atoms with E-state index in [1.807, 2.05) is 12.1 Å². The number of phenolic OH excluding ortho intramolecular Hbond substituents is 1. The summed E-state index contributed by atoms with van der Waals surface area (Å²) in [6.45, 7) is 0.582. The highest BCUT2D eigenvalue weighted by molar-refractivity contribution is 5.27. The summed E-state index contributed by atoms with van der Waals surface area (Å²) in [6, 6.07) is 6.93. The van der Waals surface area contributed by atoms with E-state index in [0.717, 1.165) is 5.56 Å². The molecule has 1 aromatic heterocycles. The minimum atomic E-state index is 0.250. The average Bonchev–Trinajstić information content (AvgIpc) is 2.77. The van der Waals surface area contributed by atoms with E-state index in [2.05, 4.69) is 10.1 Å². The average molecular weight is 234 g/mol. The number of ether oxygens (including phenoxy) is 1. The first-order valence-corrected chi connectivity index (χ1v) is 5.36. The lowest BCUT2D eigenvalue weighted by Gasteiger charge is -1.96. The molecule has 0 saturated carbocycles. The van der Waals surface area contributed by atoms with Gasteiger partial charge in [0.05, 0.1) is 13.0 Å². The fourth-order valence-electron chi connectivity index (χ4n) is 1.45. The zero-order valence-corrected chi connectivity index (χ0v) is 9.59. The zero-order chi connectivity index (χ0) is 12.1. The molecule has 0 unspecified atom stereocenters. The number of aromatic hydroxyl groups is 1. The molecule has 90 valence electrons. The van der Waals surface area contributed by atoms with Crippen LogP contribution in [0.5, 0.6) is 5.75 Å². The number of hydrogen-bond acceptors (Lipinski definition) is 5. The van der Waals surface area contributed by atoms with Crippen LogP contribution in [0.1, 0.15) is 17.3 Å². The lowest BCUT2D eigenvalue weighted by atomic mass is 10.1. The number of rotatable bonds is 5. The molecule has 0 fully saturated rings. The van der Waals surface area contributed by atoms with Gasteiger partial charge in [0.25, 0.3) is 0 Å². The van der Waals surface area contributed by atoms with Gasteiger partial charge in [-0.15, -0.1) is 0 Å². The van der Waals surface area contributed by atoms with Crippen molar-refractivity contribution >= 4 is 0 Å². The molecule has 2 rings (SSSR count). The van der Waals surface area contributed by atoms with Gasteiger partial charge in [-0.3, -0.25) is 0 Å². The molecule has 1 N–H and O–H groups in total. The van der Waals surface area contributed by atoms with Gasteiger partial charge >= 0.3 is 0 Å². The van der Waals surface area contributed by atoms with Crippen molar-refractivity contribution in [3.63, 3.8) is 0 Å². The fourth-order valence-corrected chi connectivity index (χ4v) is 1.45. The molecule has 0 aliphatic carbocycles. The molecule has 2 aromatic rings. The van der Waals surface area contributed by atoms with E-state index in [-0.39, 0.29) is 5.75 Å². The molecule has 0 aliphatic rings. The summed E-state index contributed by atoms with van der Waals surface area (Å²) in [4.78, 5) is 4.25. The van der Waals surface area contributed by atoms with Gasteiger partial charge < -0.3 is 14.4 Å². The van der Waals surface area contributed by atoms with Gasteiger partial charge in [0, 0.05) is 13.5 Å². The number of aromatic nitrogens is 2. The van der Waals surface area contributed by atoms with Gasteiger partial charge in [-0.2, -0.15) is 4.98 Å². The number of nitrogens with zero attached hydrogens (tertiary/aromatic N) is 2. The standard InChI is InChI=1S/C12H14N2O3/c1-16-7-6-11-13-12(17-14-11)8-9-2-4-10(15)5-3-9/h2-5,15H,6-8H2,1H3. The van der Waals surface area contributed by atoms with Crippen LogP contribution in [0, 0.1) is 0 Å². The molecule has 17 heavy (non-hydrogen) atoms. The van der Waals surface area contributed by atoms with E-state index in [9.17, 15) is 0 Å². The molecule has 0 spiro atoms. The summed E-state index contributed by atoms with van der Waals surface area (Å²) in [6.07, 6.45) is 1.22. The molecule has 0 aliphatic heterocycles. The van der Waals surface area contributed by atoms with Gasteiger partial charge in [0.1, 0.15) is 5.75 Å². The van der Waals surface area contributed by atoms with Crippen molar-refractivity contribution in [3.05, 3.63) is 41.5 Å². The lowest BCUT2D eigenvalue weighted by Crippen LogP contribution is -1.96. The first-order valence-electron chi connectivity index (χ1n) is 5.36. The molecular weight excluding hydrogens is 220 g/mol. The van der Waals surface area contributed by atoms with Gasteiger partial charge in [0.2, 0.25) is 5.89 Å². The Morgan fingerprint density at radius 2 is 2.06 bits per heavy atom. The van der Waals surface area contributed by atoms with Gasteiger partial charge in [-0.25, -0.2) is 0 Å². The van der Waals surface area contributed by atoms with Crippen LogP contribution in [0.25, 0.3) is 0 Å². The first-order chi connectivity index (χ1) is 8.28. The topological polar surface area (TPSA) is 68.4 Å².